The Morgan fingerprint density at radius 3 is 2.31 bits per heavy atom. The van der Waals surface area contributed by atoms with Crippen LogP contribution in [0.5, 0.6) is 0 Å². The maximum Gasteiger partial charge on any atom is 0.240 e. The molecule has 1 aliphatic rings. The fourth-order valence-corrected chi connectivity index (χ4v) is 4.25. The predicted molar refractivity (Wildman–Crippen MR) is 118 cm³/mol. The van der Waals surface area contributed by atoms with Crippen LogP contribution < -0.4 is 15.4 Å². The molecule has 0 aliphatic heterocycles. The van der Waals surface area contributed by atoms with Crippen molar-refractivity contribution in [2.75, 3.05) is 13.6 Å². The summed E-state index contributed by atoms with van der Waals surface area (Å²) >= 11 is 0. The SMILES string of the molecule is CN=C(NCc1ccc(S(=O)(=O)NC2CC2)cc1)NCC(C)c1ccc(C)cc1. The number of aryl methyl sites for hydroxylation is 1. The standard InChI is InChI=1S/C22H30N4O2S/c1-16-4-8-19(9-5-16)17(2)14-24-22(23-3)25-15-18-6-12-21(13-7-18)29(27,28)26-20-10-11-20/h4-9,12-13,17,20,26H,10-11,14-15H2,1-3H3,(H2,23,24,25). The van der Waals surface area contributed by atoms with Gasteiger partial charge in [-0.05, 0) is 48.9 Å². The molecule has 0 radical (unpaired) electrons. The molecule has 29 heavy (non-hydrogen) atoms. The summed E-state index contributed by atoms with van der Waals surface area (Å²) in [6.07, 6.45) is 1.85. The number of nitrogens with zero attached hydrogens (tertiary/aromatic N) is 1. The summed E-state index contributed by atoms with van der Waals surface area (Å²) in [5, 5.41) is 6.63. The van der Waals surface area contributed by atoms with Gasteiger partial charge < -0.3 is 10.6 Å². The van der Waals surface area contributed by atoms with Crippen LogP contribution in [-0.2, 0) is 16.6 Å². The quantitative estimate of drug-likeness (QED) is 0.458. The van der Waals surface area contributed by atoms with E-state index in [0.717, 1.165) is 30.9 Å². The summed E-state index contributed by atoms with van der Waals surface area (Å²) in [5.41, 5.74) is 3.54. The molecule has 0 aromatic heterocycles. The van der Waals surface area contributed by atoms with Gasteiger partial charge in [-0.3, -0.25) is 4.99 Å². The molecule has 0 spiro atoms. The fraction of sp³-hybridized carbons (Fsp3) is 0.409. The minimum Gasteiger partial charge on any atom is -0.356 e. The van der Waals surface area contributed by atoms with Gasteiger partial charge in [0.2, 0.25) is 10.0 Å². The third-order valence-corrected chi connectivity index (χ3v) is 6.57. The molecule has 0 saturated heterocycles. The molecule has 6 nitrogen and oxygen atoms in total. The van der Waals surface area contributed by atoms with Crippen LogP contribution in [0, 0.1) is 6.92 Å². The van der Waals surface area contributed by atoms with E-state index in [4.69, 9.17) is 0 Å². The topological polar surface area (TPSA) is 82.6 Å². The van der Waals surface area contributed by atoms with Crippen LogP contribution >= 0.6 is 0 Å². The van der Waals surface area contributed by atoms with E-state index in [0.29, 0.717) is 17.4 Å². The van der Waals surface area contributed by atoms with Gasteiger partial charge in [0.1, 0.15) is 0 Å². The molecule has 2 aromatic rings. The lowest BCUT2D eigenvalue weighted by molar-refractivity contribution is 0.581. The minimum absolute atomic E-state index is 0.109. The van der Waals surface area contributed by atoms with E-state index in [1.54, 1.807) is 19.2 Å². The molecule has 156 valence electrons. The van der Waals surface area contributed by atoms with E-state index in [-0.39, 0.29) is 6.04 Å². The first-order valence-electron chi connectivity index (χ1n) is 10.00. The second-order valence-electron chi connectivity index (χ2n) is 7.66. The Balaban J connectivity index is 1.49. The van der Waals surface area contributed by atoms with Crippen molar-refractivity contribution in [1.82, 2.24) is 15.4 Å². The Kier molecular flexibility index (Phi) is 6.92. The number of aliphatic imine (C=N–C) groups is 1. The molecule has 1 saturated carbocycles. The zero-order valence-electron chi connectivity index (χ0n) is 17.3. The fourth-order valence-electron chi connectivity index (χ4n) is 2.94. The van der Waals surface area contributed by atoms with Gasteiger partial charge >= 0.3 is 0 Å². The van der Waals surface area contributed by atoms with Crippen molar-refractivity contribution in [3.8, 4) is 0 Å². The first-order valence-corrected chi connectivity index (χ1v) is 11.5. The van der Waals surface area contributed by atoms with Crippen molar-refractivity contribution >= 4 is 16.0 Å². The number of benzene rings is 2. The van der Waals surface area contributed by atoms with Crippen LogP contribution in [0.3, 0.4) is 0 Å². The summed E-state index contributed by atoms with van der Waals surface area (Å²) in [5.74, 6) is 1.08. The lowest BCUT2D eigenvalue weighted by atomic mass is 10.0. The van der Waals surface area contributed by atoms with Crippen molar-refractivity contribution in [1.29, 1.82) is 0 Å². The van der Waals surface area contributed by atoms with E-state index < -0.39 is 10.0 Å². The van der Waals surface area contributed by atoms with E-state index in [1.807, 2.05) is 12.1 Å². The highest BCUT2D eigenvalue weighted by molar-refractivity contribution is 7.89. The first-order chi connectivity index (χ1) is 13.9. The van der Waals surface area contributed by atoms with Gasteiger partial charge in [-0.15, -0.1) is 0 Å². The van der Waals surface area contributed by atoms with Crippen LogP contribution in [0.1, 0.15) is 42.4 Å². The van der Waals surface area contributed by atoms with Crippen LogP contribution in [0.4, 0.5) is 0 Å². The molecular weight excluding hydrogens is 384 g/mol. The van der Waals surface area contributed by atoms with Crippen molar-refractivity contribution in [2.45, 2.75) is 50.1 Å². The number of hydrogen-bond donors (Lipinski definition) is 3. The summed E-state index contributed by atoms with van der Waals surface area (Å²) in [4.78, 5) is 4.58. The maximum atomic E-state index is 12.2. The van der Waals surface area contributed by atoms with Crippen molar-refractivity contribution in [3.63, 3.8) is 0 Å². The molecule has 0 heterocycles. The third-order valence-electron chi connectivity index (χ3n) is 5.04. The Hall–Kier alpha value is -2.38. The zero-order valence-corrected chi connectivity index (χ0v) is 18.1. The largest absolute Gasteiger partial charge is 0.356 e. The number of rotatable bonds is 8. The van der Waals surface area contributed by atoms with E-state index in [2.05, 4.69) is 58.5 Å². The van der Waals surface area contributed by atoms with E-state index in [1.165, 1.54) is 11.1 Å². The lowest BCUT2D eigenvalue weighted by Crippen LogP contribution is -2.38. The molecular formula is C22H30N4O2S. The highest BCUT2D eigenvalue weighted by Gasteiger charge is 2.27. The number of nitrogens with one attached hydrogen (secondary N) is 3. The molecule has 7 heteroatoms. The van der Waals surface area contributed by atoms with Crippen LogP contribution in [0.15, 0.2) is 58.4 Å². The summed E-state index contributed by atoms with van der Waals surface area (Å²) in [6, 6.07) is 15.6. The minimum atomic E-state index is -3.40. The Labute approximate surface area is 173 Å². The number of hydrogen-bond acceptors (Lipinski definition) is 3. The summed E-state index contributed by atoms with van der Waals surface area (Å²) in [6.45, 7) is 5.60. The van der Waals surface area contributed by atoms with E-state index in [9.17, 15) is 8.42 Å². The molecule has 0 amide bonds. The molecule has 1 atom stereocenters. The van der Waals surface area contributed by atoms with Gasteiger partial charge in [-0.1, -0.05) is 48.9 Å². The highest BCUT2D eigenvalue weighted by atomic mass is 32.2. The Morgan fingerprint density at radius 2 is 1.72 bits per heavy atom. The maximum absolute atomic E-state index is 12.2. The van der Waals surface area contributed by atoms with Gasteiger partial charge in [0, 0.05) is 26.2 Å². The molecule has 0 bridgehead atoms. The van der Waals surface area contributed by atoms with Gasteiger partial charge in [0.25, 0.3) is 0 Å². The smallest absolute Gasteiger partial charge is 0.240 e. The molecule has 1 fully saturated rings. The molecule has 1 unspecified atom stereocenters. The van der Waals surface area contributed by atoms with Crippen molar-refractivity contribution in [2.24, 2.45) is 4.99 Å². The number of guanidine groups is 1. The molecule has 1 aliphatic carbocycles. The van der Waals surface area contributed by atoms with Gasteiger partial charge in [-0.2, -0.15) is 0 Å². The van der Waals surface area contributed by atoms with Gasteiger partial charge in [0.05, 0.1) is 4.90 Å². The van der Waals surface area contributed by atoms with Crippen LogP contribution in [-0.4, -0.2) is 34.0 Å². The number of sulfonamides is 1. The van der Waals surface area contributed by atoms with Crippen molar-refractivity contribution in [3.05, 3.63) is 65.2 Å². The predicted octanol–water partition coefficient (Wildman–Crippen LogP) is 2.90. The zero-order chi connectivity index (χ0) is 20.9. The second kappa shape index (κ2) is 9.41. The van der Waals surface area contributed by atoms with Gasteiger partial charge in [0.15, 0.2) is 5.96 Å². The summed E-state index contributed by atoms with van der Waals surface area (Å²) < 4.78 is 27.2. The highest BCUT2D eigenvalue weighted by Crippen LogP contribution is 2.22. The average Bonchev–Trinajstić information content (AvgIpc) is 3.52. The van der Waals surface area contributed by atoms with Gasteiger partial charge in [-0.25, -0.2) is 13.1 Å². The lowest BCUT2D eigenvalue weighted by Gasteiger charge is -2.17. The van der Waals surface area contributed by atoms with E-state index >= 15 is 0 Å². The third kappa shape index (κ3) is 6.30. The monoisotopic (exact) mass is 414 g/mol. The molecule has 3 N–H and O–H groups in total. The molecule has 3 rings (SSSR count). The summed E-state index contributed by atoms with van der Waals surface area (Å²) in [7, 11) is -1.66. The van der Waals surface area contributed by atoms with Crippen LogP contribution in [0.2, 0.25) is 0 Å². The average molecular weight is 415 g/mol. The van der Waals surface area contributed by atoms with Crippen molar-refractivity contribution < 1.29 is 8.42 Å². The first kappa shape index (κ1) is 21.3. The van der Waals surface area contributed by atoms with Crippen LogP contribution in [0.25, 0.3) is 0 Å². The Morgan fingerprint density at radius 1 is 1.07 bits per heavy atom. The normalized spacial score (nSPS) is 15.8. The molecule has 2 aromatic carbocycles. The Bertz CT molecular complexity index is 934. The second-order valence-corrected chi connectivity index (χ2v) is 9.37.